The zero-order chi connectivity index (χ0) is 17.8. The van der Waals surface area contributed by atoms with Gasteiger partial charge < -0.3 is 0 Å². The molecule has 2 rings (SSSR count). The smallest absolute Gasteiger partial charge is 0.229 e. The molecule has 0 spiro atoms. The number of nitrogens with zero attached hydrogens (tertiary/aromatic N) is 2. The Balaban J connectivity index is 1.99. The lowest BCUT2D eigenvalue weighted by molar-refractivity contribution is -0.115. The molecule has 0 atom stereocenters. The highest BCUT2D eigenvalue weighted by Gasteiger charge is 2.19. The molecule has 1 aromatic heterocycles. The fourth-order valence-corrected chi connectivity index (χ4v) is 3.30. The van der Waals surface area contributed by atoms with Crippen molar-refractivity contribution < 1.29 is 13.2 Å². The van der Waals surface area contributed by atoms with Gasteiger partial charge in [-0.15, -0.1) is 0 Å². The highest BCUT2D eigenvalue weighted by Crippen LogP contribution is 2.23. The maximum atomic E-state index is 12.3. The van der Waals surface area contributed by atoms with Gasteiger partial charge in [0, 0.05) is 18.8 Å². The van der Waals surface area contributed by atoms with Crippen molar-refractivity contribution in [3.05, 3.63) is 48.3 Å². The lowest BCUT2D eigenvalue weighted by atomic mass is 9.87. The van der Waals surface area contributed by atoms with Crippen molar-refractivity contribution in [2.45, 2.75) is 37.5 Å². The van der Waals surface area contributed by atoms with E-state index in [1.165, 1.54) is 12.4 Å². The average molecular weight is 347 g/mol. The zero-order valence-electron chi connectivity index (χ0n) is 14.0. The Labute approximate surface area is 142 Å². The van der Waals surface area contributed by atoms with Gasteiger partial charge in [-0.2, -0.15) is 0 Å². The third kappa shape index (κ3) is 4.86. The molecule has 1 amide bonds. The summed E-state index contributed by atoms with van der Waals surface area (Å²) in [4.78, 5) is 19.8. The van der Waals surface area contributed by atoms with Crippen LogP contribution in [0.15, 0.2) is 47.6 Å². The minimum atomic E-state index is -3.51. The number of hydrogen-bond donors (Lipinski definition) is 1. The van der Waals surface area contributed by atoms with E-state index in [1.807, 2.05) is 12.1 Å². The molecule has 0 aliphatic heterocycles. The van der Waals surface area contributed by atoms with Gasteiger partial charge in [0.25, 0.3) is 0 Å². The molecule has 6 nitrogen and oxygen atoms in total. The average Bonchev–Trinajstić information content (AvgIpc) is 2.53. The van der Waals surface area contributed by atoms with Crippen LogP contribution in [0.2, 0.25) is 0 Å². The van der Waals surface area contributed by atoms with Gasteiger partial charge in [-0.3, -0.25) is 10.1 Å². The number of carbonyl (C=O) groups excluding carboxylic acids is 1. The third-order valence-electron chi connectivity index (χ3n) is 3.49. The molecule has 1 heterocycles. The van der Waals surface area contributed by atoms with Gasteiger partial charge in [0.1, 0.15) is 0 Å². The summed E-state index contributed by atoms with van der Waals surface area (Å²) in [6.07, 6.45) is 2.84. The molecule has 128 valence electrons. The normalized spacial score (nSPS) is 12.0. The summed E-state index contributed by atoms with van der Waals surface area (Å²) in [6, 6.07) is 8.43. The Morgan fingerprint density at radius 3 is 2.21 bits per heavy atom. The molecule has 0 fully saturated rings. The summed E-state index contributed by atoms with van der Waals surface area (Å²) in [5, 5.41) is 2.47. The van der Waals surface area contributed by atoms with E-state index in [2.05, 4.69) is 36.1 Å². The van der Waals surface area contributed by atoms with Crippen molar-refractivity contribution in [1.29, 1.82) is 0 Å². The Morgan fingerprint density at radius 2 is 1.67 bits per heavy atom. The van der Waals surface area contributed by atoms with Crippen LogP contribution in [0.4, 0.5) is 5.95 Å². The zero-order valence-corrected chi connectivity index (χ0v) is 14.8. The highest BCUT2D eigenvalue weighted by molar-refractivity contribution is 7.91. The Morgan fingerprint density at radius 1 is 1.08 bits per heavy atom. The van der Waals surface area contributed by atoms with E-state index < -0.39 is 15.7 Å². The third-order valence-corrected chi connectivity index (χ3v) is 5.23. The van der Waals surface area contributed by atoms with Crippen LogP contribution in [0.25, 0.3) is 0 Å². The van der Waals surface area contributed by atoms with Crippen molar-refractivity contribution in [3.8, 4) is 0 Å². The number of hydrogen-bond acceptors (Lipinski definition) is 5. The second-order valence-corrected chi connectivity index (χ2v) is 8.57. The minimum absolute atomic E-state index is 0.0438. The topological polar surface area (TPSA) is 89.0 Å². The summed E-state index contributed by atoms with van der Waals surface area (Å²) in [6.45, 7) is 6.19. The number of rotatable bonds is 5. The quantitative estimate of drug-likeness (QED) is 0.898. The molecule has 0 aliphatic carbocycles. The standard InChI is InChI=1S/C17H21N3O3S/c1-17(2,3)13-5-7-14(8-6-13)24(22,23)12-9-15(21)20-16-18-10-4-11-19-16/h4-8,10-11H,9,12H2,1-3H3,(H,18,19,20,21). The van der Waals surface area contributed by atoms with Gasteiger partial charge in [0.2, 0.25) is 11.9 Å². The molecule has 0 saturated heterocycles. The number of nitrogens with one attached hydrogen (secondary N) is 1. The molecule has 0 aliphatic rings. The van der Waals surface area contributed by atoms with E-state index in [0.717, 1.165) is 5.56 Å². The van der Waals surface area contributed by atoms with Crippen molar-refractivity contribution >= 4 is 21.7 Å². The predicted octanol–water partition coefficient (Wildman–Crippen LogP) is 2.58. The summed E-state index contributed by atoms with van der Waals surface area (Å²) in [5.74, 6) is -0.536. The van der Waals surface area contributed by atoms with Crippen LogP contribution in [0.1, 0.15) is 32.8 Å². The maximum absolute atomic E-state index is 12.3. The van der Waals surface area contributed by atoms with Crippen LogP contribution in [0, 0.1) is 0 Å². The van der Waals surface area contributed by atoms with Gasteiger partial charge in [-0.25, -0.2) is 18.4 Å². The number of carbonyl (C=O) groups is 1. The molecule has 1 aromatic carbocycles. The van der Waals surface area contributed by atoms with Gasteiger partial charge in [0.05, 0.1) is 10.6 Å². The van der Waals surface area contributed by atoms with E-state index in [-0.39, 0.29) is 28.4 Å². The number of benzene rings is 1. The fourth-order valence-electron chi connectivity index (χ4n) is 2.06. The van der Waals surface area contributed by atoms with Gasteiger partial charge >= 0.3 is 0 Å². The molecule has 0 saturated carbocycles. The summed E-state index contributed by atoms with van der Waals surface area (Å²) in [7, 11) is -3.51. The molecule has 2 aromatic rings. The van der Waals surface area contributed by atoms with Gasteiger partial charge in [-0.05, 0) is 29.2 Å². The van der Waals surface area contributed by atoms with E-state index in [1.54, 1.807) is 18.2 Å². The first kappa shape index (κ1) is 18.1. The van der Waals surface area contributed by atoms with E-state index in [0.29, 0.717) is 0 Å². The second-order valence-electron chi connectivity index (χ2n) is 6.46. The first-order chi connectivity index (χ1) is 11.2. The molecular weight excluding hydrogens is 326 g/mol. The summed E-state index contributed by atoms with van der Waals surface area (Å²) in [5.41, 5.74) is 1.01. The van der Waals surface area contributed by atoms with Gasteiger partial charge in [-0.1, -0.05) is 32.9 Å². The van der Waals surface area contributed by atoms with Crippen molar-refractivity contribution in [2.24, 2.45) is 0 Å². The highest BCUT2D eigenvalue weighted by atomic mass is 32.2. The Hall–Kier alpha value is -2.28. The van der Waals surface area contributed by atoms with E-state index >= 15 is 0 Å². The molecule has 1 N–H and O–H groups in total. The molecule has 24 heavy (non-hydrogen) atoms. The maximum Gasteiger partial charge on any atom is 0.229 e. The Bertz CT molecular complexity index is 795. The van der Waals surface area contributed by atoms with Crippen LogP contribution >= 0.6 is 0 Å². The van der Waals surface area contributed by atoms with Crippen LogP contribution < -0.4 is 5.32 Å². The number of sulfone groups is 1. The molecule has 0 unspecified atom stereocenters. The number of aromatic nitrogens is 2. The number of amides is 1. The molecule has 0 radical (unpaired) electrons. The number of anilines is 1. The molecular formula is C17H21N3O3S. The van der Waals surface area contributed by atoms with Crippen molar-refractivity contribution in [1.82, 2.24) is 9.97 Å². The second kappa shape index (κ2) is 7.09. The molecule has 0 bridgehead atoms. The lowest BCUT2D eigenvalue weighted by Gasteiger charge is -2.19. The fraction of sp³-hybridized carbons (Fsp3) is 0.353. The van der Waals surface area contributed by atoms with Crippen molar-refractivity contribution in [2.75, 3.05) is 11.1 Å². The molecule has 7 heteroatoms. The van der Waals surface area contributed by atoms with Crippen LogP contribution in [0.3, 0.4) is 0 Å². The van der Waals surface area contributed by atoms with Gasteiger partial charge in [0.15, 0.2) is 9.84 Å². The van der Waals surface area contributed by atoms with Crippen LogP contribution in [-0.2, 0) is 20.0 Å². The summed E-state index contributed by atoms with van der Waals surface area (Å²) < 4.78 is 24.7. The largest absolute Gasteiger partial charge is 0.295 e. The SMILES string of the molecule is CC(C)(C)c1ccc(S(=O)(=O)CCC(=O)Nc2ncccn2)cc1. The monoisotopic (exact) mass is 347 g/mol. The van der Waals surface area contributed by atoms with E-state index in [4.69, 9.17) is 0 Å². The predicted molar refractivity (Wildman–Crippen MR) is 92.5 cm³/mol. The minimum Gasteiger partial charge on any atom is -0.295 e. The lowest BCUT2D eigenvalue weighted by Crippen LogP contribution is -2.18. The first-order valence-electron chi connectivity index (χ1n) is 7.59. The van der Waals surface area contributed by atoms with E-state index in [9.17, 15) is 13.2 Å². The Kier molecular flexibility index (Phi) is 5.33. The van der Waals surface area contributed by atoms with Crippen molar-refractivity contribution in [3.63, 3.8) is 0 Å². The first-order valence-corrected chi connectivity index (χ1v) is 9.24. The van der Waals surface area contributed by atoms with Crippen LogP contribution in [-0.4, -0.2) is 30.0 Å². The summed E-state index contributed by atoms with van der Waals surface area (Å²) >= 11 is 0. The van der Waals surface area contributed by atoms with Crippen LogP contribution in [0.5, 0.6) is 0 Å².